The second kappa shape index (κ2) is 6.07. The van der Waals surface area contributed by atoms with Crippen molar-refractivity contribution >= 4 is 12.1 Å². The number of imidazole rings is 1. The van der Waals surface area contributed by atoms with Gasteiger partial charge in [0.05, 0.1) is 6.33 Å². The van der Waals surface area contributed by atoms with Gasteiger partial charge in [0.2, 0.25) is 0 Å². The van der Waals surface area contributed by atoms with E-state index in [4.69, 9.17) is 5.11 Å². The van der Waals surface area contributed by atoms with E-state index in [0.29, 0.717) is 5.69 Å². The van der Waals surface area contributed by atoms with E-state index < -0.39 is 30.9 Å². The fourth-order valence-corrected chi connectivity index (χ4v) is 1.15. The van der Waals surface area contributed by atoms with Gasteiger partial charge in [-0.05, 0) is 0 Å². The van der Waals surface area contributed by atoms with Gasteiger partial charge in [-0.1, -0.05) is 0 Å². The van der Waals surface area contributed by atoms with Crippen molar-refractivity contribution in [2.75, 3.05) is 6.61 Å². The molecule has 1 unspecified atom stereocenters. The van der Waals surface area contributed by atoms with Crippen LogP contribution in [0.25, 0.3) is 0 Å². The molecule has 0 fully saturated rings. The SMILES string of the molecule is O=C(NC(Cc1cnc[nH]1)C(=O)O)OCC(F)(F)F. The summed E-state index contributed by atoms with van der Waals surface area (Å²) in [5, 5.41) is 10.6. The number of nitrogens with one attached hydrogen (secondary N) is 2. The molecule has 0 bridgehead atoms. The highest BCUT2D eigenvalue weighted by molar-refractivity contribution is 5.80. The number of carbonyl (C=O) groups excluding carboxylic acids is 1. The number of carbonyl (C=O) groups is 2. The van der Waals surface area contributed by atoms with Gasteiger partial charge in [-0.25, -0.2) is 14.6 Å². The molecule has 7 nitrogen and oxygen atoms in total. The molecule has 0 aliphatic rings. The Morgan fingerprint density at radius 1 is 1.53 bits per heavy atom. The minimum atomic E-state index is -4.67. The van der Waals surface area contributed by atoms with Crippen molar-refractivity contribution in [1.29, 1.82) is 0 Å². The highest BCUT2D eigenvalue weighted by Crippen LogP contribution is 2.14. The molecule has 1 rings (SSSR count). The van der Waals surface area contributed by atoms with E-state index >= 15 is 0 Å². The molecule has 0 aliphatic heterocycles. The van der Waals surface area contributed by atoms with Crippen LogP contribution in [0.4, 0.5) is 18.0 Å². The number of aromatic nitrogens is 2. The maximum absolute atomic E-state index is 11.8. The quantitative estimate of drug-likeness (QED) is 0.736. The summed E-state index contributed by atoms with van der Waals surface area (Å²) in [5.41, 5.74) is 0.406. The largest absolute Gasteiger partial charge is 0.480 e. The topological polar surface area (TPSA) is 104 Å². The van der Waals surface area contributed by atoms with Crippen LogP contribution < -0.4 is 5.32 Å². The number of hydrogen-bond acceptors (Lipinski definition) is 4. The number of alkyl halides is 3. The second-order valence-corrected chi connectivity index (χ2v) is 3.51. The number of amides is 1. The van der Waals surface area contributed by atoms with Gasteiger partial charge in [-0.3, -0.25) is 0 Å². The van der Waals surface area contributed by atoms with Gasteiger partial charge in [0, 0.05) is 18.3 Å². The zero-order chi connectivity index (χ0) is 14.5. The lowest BCUT2D eigenvalue weighted by molar-refractivity contribution is -0.160. The average Bonchev–Trinajstić information content (AvgIpc) is 2.77. The minimum absolute atomic E-state index is 0.156. The lowest BCUT2D eigenvalue weighted by Gasteiger charge is -2.14. The third-order valence-corrected chi connectivity index (χ3v) is 1.94. The first kappa shape index (κ1) is 14.8. The van der Waals surface area contributed by atoms with Crippen molar-refractivity contribution in [3.63, 3.8) is 0 Å². The number of hydrogen-bond donors (Lipinski definition) is 3. The lowest BCUT2D eigenvalue weighted by Crippen LogP contribution is -2.43. The first-order valence-electron chi connectivity index (χ1n) is 4.98. The number of aliphatic carboxylic acids is 1. The zero-order valence-corrected chi connectivity index (χ0v) is 9.40. The van der Waals surface area contributed by atoms with Crippen LogP contribution in [0.15, 0.2) is 12.5 Å². The first-order chi connectivity index (χ1) is 8.78. The Morgan fingerprint density at radius 2 is 2.21 bits per heavy atom. The molecule has 0 saturated carbocycles. The molecule has 0 spiro atoms. The number of nitrogens with zero attached hydrogens (tertiary/aromatic N) is 1. The molecule has 1 aromatic heterocycles. The molecule has 0 aliphatic carbocycles. The summed E-state index contributed by atoms with van der Waals surface area (Å²) < 4.78 is 39.2. The Hall–Kier alpha value is -2.26. The predicted molar refractivity (Wildman–Crippen MR) is 54.3 cm³/mol. The number of halogens is 3. The molecule has 19 heavy (non-hydrogen) atoms. The Morgan fingerprint density at radius 3 is 2.68 bits per heavy atom. The van der Waals surface area contributed by atoms with Gasteiger partial charge in [0.25, 0.3) is 0 Å². The summed E-state index contributed by atoms with van der Waals surface area (Å²) in [5.74, 6) is -1.40. The summed E-state index contributed by atoms with van der Waals surface area (Å²) in [6, 6.07) is -1.42. The van der Waals surface area contributed by atoms with Crippen LogP contribution in [0, 0.1) is 0 Å². The van der Waals surface area contributed by atoms with Crippen LogP contribution in [0.2, 0.25) is 0 Å². The van der Waals surface area contributed by atoms with Crippen molar-refractivity contribution in [3.05, 3.63) is 18.2 Å². The number of H-pyrrole nitrogens is 1. The maximum atomic E-state index is 11.8. The van der Waals surface area contributed by atoms with Crippen molar-refractivity contribution in [2.24, 2.45) is 0 Å². The second-order valence-electron chi connectivity index (χ2n) is 3.51. The molecular weight excluding hydrogens is 271 g/mol. The summed E-state index contributed by atoms with van der Waals surface area (Å²) in [7, 11) is 0. The zero-order valence-electron chi connectivity index (χ0n) is 9.40. The molecule has 1 atom stereocenters. The highest BCUT2D eigenvalue weighted by Gasteiger charge is 2.30. The molecule has 106 valence electrons. The molecule has 0 saturated heterocycles. The van der Waals surface area contributed by atoms with Gasteiger partial charge >= 0.3 is 18.2 Å². The molecular formula is C9H10F3N3O4. The number of alkyl carbamates (subject to hydrolysis) is 1. The molecule has 0 aromatic carbocycles. The Kier molecular flexibility index (Phi) is 4.73. The summed E-state index contributed by atoms with van der Waals surface area (Å²) in [6.45, 7) is -1.78. The van der Waals surface area contributed by atoms with E-state index in [1.165, 1.54) is 12.5 Å². The van der Waals surface area contributed by atoms with Crippen LogP contribution in [0.5, 0.6) is 0 Å². The summed E-state index contributed by atoms with van der Waals surface area (Å²) >= 11 is 0. The van der Waals surface area contributed by atoms with E-state index in [-0.39, 0.29) is 6.42 Å². The molecule has 0 radical (unpaired) electrons. The fourth-order valence-electron chi connectivity index (χ4n) is 1.15. The summed E-state index contributed by atoms with van der Waals surface area (Å²) in [4.78, 5) is 28.1. The van der Waals surface area contributed by atoms with Gasteiger partial charge in [0.1, 0.15) is 6.04 Å². The fraction of sp³-hybridized carbons (Fsp3) is 0.444. The van der Waals surface area contributed by atoms with Crippen LogP contribution in [0.1, 0.15) is 5.69 Å². The molecule has 10 heteroatoms. The van der Waals surface area contributed by atoms with E-state index in [0.717, 1.165) is 0 Å². The molecule has 1 aromatic rings. The van der Waals surface area contributed by atoms with Gasteiger partial charge in [-0.15, -0.1) is 0 Å². The number of aromatic amines is 1. The molecule has 3 N–H and O–H groups in total. The number of carboxylic acids is 1. The van der Waals surface area contributed by atoms with Crippen molar-refractivity contribution in [1.82, 2.24) is 15.3 Å². The molecule has 1 amide bonds. The van der Waals surface area contributed by atoms with Crippen LogP contribution >= 0.6 is 0 Å². The predicted octanol–water partition coefficient (Wildman–Crippen LogP) is 0.694. The third-order valence-electron chi connectivity index (χ3n) is 1.94. The minimum Gasteiger partial charge on any atom is -0.480 e. The first-order valence-corrected chi connectivity index (χ1v) is 4.98. The number of rotatable bonds is 5. The lowest BCUT2D eigenvalue weighted by atomic mass is 10.2. The average molecular weight is 281 g/mol. The van der Waals surface area contributed by atoms with E-state index in [1.807, 2.05) is 5.32 Å². The van der Waals surface area contributed by atoms with Crippen molar-refractivity contribution < 1.29 is 32.6 Å². The number of ether oxygens (including phenoxy) is 1. The van der Waals surface area contributed by atoms with Crippen LogP contribution in [-0.4, -0.2) is 46.0 Å². The smallest absolute Gasteiger partial charge is 0.422 e. The normalized spacial score (nSPS) is 12.8. The Bertz CT molecular complexity index is 432. The maximum Gasteiger partial charge on any atom is 0.422 e. The Balaban J connectivity index is 2.49. The van der Waals surface area contributed by atoms with E-state index in [2.05, 4.69) is 14.7 Å². The molecule has 1 heterocycles. The number of carboxylic acid groups (broad SMARTS) is 1. The van der Waals surface area contributed by atoms with Crippen LogP contribution in [-0.2, 0) is 16.0 Å². The van der Waals surface area contributed by atoms with Gasteiger partial charge < -0.3 is 20.1 Å². The van der Waals surface area contributed by atoms with E-state index in [9.17, 15) is 22.8 Å². The monoisotopic (exact) mass is 281 g/mol. The van der Waals surface area contributed by atoms with E-state index in [1.54, 1.807) is 0 Å². The third kappa shape index (κ3) is 5.75. The Labute approximate surface area is 104 Å². The highest BCUT2D eigenvalue weighted by atomic mass is 19.4. The van der Waals surface area contributed by atoms with Gasteiger partial charge in [-0.2, -0.15) is 13.2 Å². The van der Waals surface area contributed by atoms with Crippen molar-refractivity contribution in [2.45, 2.75) is 18.6 Å². The van der Waals surface area contributed by atoms with Gasteiger partial charge in [0.15, 0.2) is 6.61 Å². The standard InChI is InChI=1S/C9H10F3N3O4/c10-9(11,12)3-19-8(18)15-6(7(16)17)1-5-2-13-4-14-5/h2,4,6H,1,3H2,(H,13,14)(H,15,18)(H,16,17). The van der Waals surface area contributed by atoms with Crippen LogP contribution in [0.3, 0.4) is 0 Å². The summed E-state index contributed by atoms with van der Waals surface area (Å²) in [6.07, 6.45) is -3.64. The van der Waals surface area contributed by atoms with Crippen molar-refractivity contribution in [3.8, 4) is 0 Å².